The van der Waals surface area contributed by atoms with E-state index in [2.05, 4.69) is 0 Å². The van der Waals surface area contributed by atoms with Gasteiger partial charge in [0.25, 0.3) is 0 Å². The van der Waals surface area contributed by atoms with Gasteiger partial charge in [-0.1, -0.05) is 0 Å². The minimum atomic E-state index is -4.23. The summed E-state index contributed by atoms with van der Waals surface area (Å²) in [7, 11) is 1.33. The van der Waals surface area contributed by atoms with Crippen molar-refractivity contribution in [2.45, 2.75) is 32.0 Å². The number of alkyl halides is 3. The molecule has 0 aliphatic rings. The predicted octanol–water partition coefficient (Wildman–Crippen LogP) is 1.73. The van der Waals surface area contributed by atoms with Crippen LogP contribution in [0.15, 0.2) is 0 Å². The Hall–Kier alpha value is -0.780. The van der Waals surface area contributed by atoms with E-state index in [0.29, 0.717) is 0 Å². The molecule has 0 rings (SSSR count). The number of hydrogen-bond donors (Lipinski definition) is 1. The van der Waals surface area contributed by atoms with Crippen molar-refractivity contribution in [3.63, 3.8) is 0 Å². The van der Waals surface area contributed by atoms with Gasteiger partial charge in [-0.15, -0.1) is 0 Å². The van der Waals surface area contributed by atoms with Crippen LogP contribution in [0.5, 0.6) is 0 Å². The van der Waals surface area contributed by atoms with Crippen LogP contribution in [0.1, 0.15) is 19.8 Å². The molecule has 0 aromatic heterocycles. The summed E-state index contributed by atoms with van der Waals surface area (Å²) in [5, 5.41) is 8.34. The molecule has 3 nitrogen and oxygen atoms in total. The smallest absolute Gasteiger partial charge is 0.401 e. The van der Waals surface area contributed by atoms with Gasteiger partial charge in [-0.25, -0.2) is 0 Å². The molecule has 1 unspecified atom stereocenters. The molecule has 0 amide bonds. The monoisotopic (exact) mass is 213 g/mol. The lowest BCUT2D eigenvalue weighted by Crippen LogP contribution is -2.37. The normalized spacial score (nSPS) is 14.4. The average Bonchev–Trinajstić information content (AvgIpc) is 1.96. The maximum absolute atomic E-state index is 11.9. The standard InChI is InChI=1S/C8H14F3NO2/c1-6(3-4-7(13)14)12(2)5-8(9,10)11/h6H,3-5H2,1-2H3,(H,13,14). The van der Waals surface area contributed by atoms with Gasteiger partial charge in [0, 0.05) is 12.5 Å². The number of carbonyl (C=O) groups is 1. The van der Waals surface area contributed by atoms with Crippen molar-refractivity contribution in [1.82, 2.24) is 4.90 Å². The molecule has 0 aliphatic carbocycles. The summed E-state index contributed by atoms with van der Waals surface area (Å²) in [5.41, 5.74) is 0. The first-order chi connectivity index (χ1) is 6.22. The zero-order valence-corrected chi connectivity index (χ0v) is 8.14. The largest absolute Gasteiger partial charge is 0.481 e. The topological polar surface area (TPSA) is 40.5 Å². The summed E-state index contributed by atoms with van der Waals surface area (Å²) in [6, 6.07) is -0.382. The van der Waals surface area contributed by atoms with Gasteiger partial charge in [0.2, 0.25) is 0 Å². The minimum absolute atomic E-state index is 0.108. The lowest BCUT2D eigenvalue weighted by atomic mass is 10.1. The molecule has 1 N–H and O–H groups in total. The van der Waals surface area contributed by atoms with Gasteiger partial charge in [-0.3, -0.25) is 9.69 Å². The van der Waals surface area contributed by atoms with E-state index in [-0.39, 0.29) is 18.9 Å². The van der Waals surface area contributed by atoms with E-state index in [1.807, 2.05) is 0 Å². The number of carboxylic acids is 1. The van der Waals surface area contributed by atoms with Gasteiger partial charge in [0.05, 0.1) is 6.54 Å². The van der Waals surface area contributed by atoms with E-state index in [4.69, 9.17) is 5.11 Å². The molecule has 0 heterocycles. The fourth-order valence-corrected chi connectivity index (χ4v) is 0.991. The Balaban J connectivity index is 3.87. The average molecular weight is 213 g/mol. The second kappa shape index (κ2) is 5.19. The lowest BCUT2D eigenvalue weighted by molar-refractivity contribution is -0.147. The first-order valence-corrected chi connectivity index (χ1v) is 4.21. The van der Waals surface area contributed by atoms with Crippen LogP contribution < -0.4 is 0 Å². The summed E-state index contributed by atoms with van der Waals surface area (Å²) in [6.45, 7) is 0.572. The third-order valence-electron chi connectivity index (χ3n) is 1.96. The number of hydrogen-bond acceptors (Lipinski definition) is 2. The molecule has 0 radical (unpaired) electrons. The van der Waals surface area contributed by atoms with Crippen LogP contribution in [0.4, 0.5) is 13.2 Å². The van der Waals surface area contributed by atoms with Crippen molar-refractivity contribution in [2.75, 3.05) is 13.6 Å². The van der Waals surface area contributed by atoms with Gasteiger partial charge in [0.1, 0.15) is 0 Å². The highest BCUT2D eigenvalue weighted by atomic mass is 19.4. The van der Waals surface area contributed by atoms with E-state index in [1.54, 1.807) is 6.92 Å². The van der Waals surface area contributed by atoms with E-state index >= 15 is 0 Å². The number of halogens is 3. The predicted molar refractivity (Wildman–Crippen MR) is 45.0 cm³/mol. The molecular weight excluding hydrogens is 199 g/mol. The molecular formula is C8H14F3NO2. The van der Waals surface area contributed by atoms with Gasteiger partial charge in [-0.2, -0.15) is 13.2 Å². The van der Waals surface area contributed by atoms with Crippen molar-refractivity contribution in [3.8, 4) is 0 Å². The quantitative estimate of drug-likeness (QED) is 0.756. The van der Waals surface area contributed by atoms with Gasteiger partial charge >= 0.3 is 12.1 Å². The molecule has 0 saturated carbocycles. The highest BCUT2D eigenvalue weighted by molar-refractivity contribution is 5.66. The van der Waals surface area contributed by atoms with Crippen molar-refractivity contribution in [3.05, 3.63) is 0 Å². The molecule has 0 fully saturated rings. The van der Waals surface area contributed by atoms with Crippen LogP contribution in [0.2, 0.25) is 0 Å². The maximum atomic E-state index is 11.9. The number of nitrogens with zero attached hydrogens (tertiary/aromatic N) is 1. The third-order valence-corrected chi connectivity index (χ3v) is 1.96. The van der Waals surface area contributed by atoms with Crippen molar-refractivity contribution >= 4 is 5.97 Å². The zero-order chi connectivity index (χ0) is 11.4. The fraction of sp³-hybridized carbons (Fsp3) is 0.875. The Morgan fingerprint density at radius 1 is 1.50 bits per heavy atom. The molecule has 0 aliphatic heterocycles. The molecule has 0 aromatic rings. The molecule has 0 spiro atoms. The Kier molecular flexibility index (Phi) is 4.90. The Morgan fingerprint density at radius 3 is 2.36 bits per heavy atom. The summed E-state index contributed by atoms with van der Waals surface area (Å²) in [4.78, 5) is 11.3. The van der Waals surface area contributed by atoms with E-state index in [1.165, 1.54) is 7.05 Å². The number of aliphatic carboxylic acids is 1. The van der Waals surface area contributed by atoms with Crippen molar-refractivity contribution in [1.29, 1.82) is 0 Å². The minimum Gasteiger partial charge on any atom is -0.481 e. The first kappa shape index (κ1) is 13.2. The van der Waals surface area contributed by atoms with Crippen LogP contribution in [0, 0.1) is 0 Å². The van der Waals surface area contributed by atoms with Crippen LogP contribution in [0.3, 0.4) is 0 Å². The van der Waals surface area contributed by atoms with Gasteiger partial charge in [-0.05, 0) is 20.4 Å². The highest BCUT2D eigenvalue weighted by Gasteiger charge is 2.30. The molecule has 1 atom stereocenters. The second-order valence-corrected chi connectivity index (χ2v) is 3.31. The SMILES string of the molecule is CC(CCC(=O)O)N(C)CC(F)(F)F. The summed E-state index contributed by atoms with van der Waals surface area (Å²) >= 11 is 0. The Labute approximate surface area is 80.5 Å². The first-order valence-electron chi connectivity index (χ1n) is 4.21. The van der Waals surface area contributed by atoms with E-state index in [0.717, 1.165) is 4.90 Å². The van der Waals surface area contributed by atoms with Crippen molar-refractivity contribution < 1.29 is 23.1 Å². The zero-order valence-electron chi connectivity index (χ0n) is 8.14. The van der Waals surface area contributed by atoms with Crippen LogP contribution in [0.25, 0.3) is 0 Å². The second-order valence-electron chi connectivity index (χ2n) is 3.31. The lowest BCUT2D eigenvalue weighted by Gasteiger charge is -2.25. The molecule has 0 saturated heterocycles. The third kappa shape index (κ3) is 6.71. The number of carboxylic acid groups (broad SMARTS) is 1. The Bertz CT molecular complexity index is 194. The van der Waals surface area contributed by atoms with Crippen LogP contribution >= 0.6 is 0 Å². The van der Waals surface area contributed by atoms with E-state index < -0.39 is 18.7 Å². The van der Waals surface area contributed by atoms with Gasteiger partial charge < -0.3 is 5.11 Å². The molecule has 0 bridgehead atoms. The maximum Gasteiger partial charge on any atom is 0.401 e. The molecule has 0 aromatic carbocycles. The van der Waals surface area contributed by atoms with Gasteiger partial charge in [0.15, 0.2) is 0 Å². The van der Waals surface area contributed by atoms with Crippen LogP contribution in [-0.4, -0.2) is 41.8 Å². The van der Waals surface area contributed by atoms with Crippen LogP contribution in [-0.2, 0) is 4.79 Å². The molecule has 14 heavy (non-hydrogen) atoms. The van der Waals surface area contributed by atoms with E-state index in [9.17, 15) is 18.0 Å². The molecule has 6 heteroatoms. The summed E-state index contributed by atoms with van der Waals surface area (Å²) < 4.78 is 35.7. The van der Waals surface area contributed by atoms with Crippen molar-refractivity contribution in [2.24, 2.45) is 0 Å². The fourth-order valence-electron chi connectivity index (χ4n) is 0.991. The summed E-state index contributed by atoms with van der Waals surface area (Å²) in [6.07, 6.45) is -4.11. The number of rotatable bonds is 5. The summed E-state index contributed by atoms with van der Waals surface area (Å²) in [5.74, 6) is -0.989. The Morgan fingerprint density at radius 2 is 2.00 bits per heavy atom. The highest BCUT2D eigenvalue weighted by Crippen LogP contribution is 2.17. The molecule has 84 valence electrons.